The highest BCUT2D eigenvalue weighted by atomic mass is 19.4. The third-order valence-electron chi connectivity index (χ3n) is 3.19. The van der Waals surface area contributed by atoms with Gasteiger partial charge in [-0.05, 0) is 25.7 Å². The molecule has 0 spiro atoms. The summed E-state index contributed by atoms with van der Waals surface area (Å²) >= 11 is 0. The maximum absolute atomic E-state index is 12.2. The number of ketones is 1. The van der Waals surface area contributed by atoms with E-state index in [4.69, 9.17) is 4.74 Å². The van der Waals surface area contributed by atoms with Crippen molar-refractivity contribution in [2.24, 2.45) is 0 Å². The van der Waals surface area contributed by atoms with Crippen molar-refractivity contribution in [3.8, 4) is 0 Å². The van der Waals surface area contributed by atoms with E-state index in [1.54, 1.807) is 0 Å². The van der Waals surface area contributed by atoms with E-state index in [1.807, 2.05) is 0 Å². The van der Waals surface area contributed by atoms with E-state index >= 15 is 0 Å². The van der Waals surface area contributed by atoms with Crippen LogP contribution in [0.3, 0.4) is 0 Å². The second-order valence-corrected chi connectivity index (χ2v) is 4.55. The smallest absolute Gasteiger partial charge is 0.398 e. The number of carbonyl (C=O) groups excluding carboxylic acids is 2. The predicted molar refractivity (Wildman–Crippen MR) is 58.3 cm³/mol. The highest BCUT2D eigenvalue weighted by molar-refractivity contribution is 6.11. The second-order valence-electron chi connectivity index (χ2n) is 4.55. The van der Waals surface area contributed by atoms with Gasteiger partial charge in [0, 0.05) is 18.3 Å². The number of alkyl halides is 3. The summed E-state index contributed by atoms with van der Waals surface area (Å²) in [5, 5.41) is 0. The topological polar surface area (TPSA) is 61.8 Å². The number of hydrogen-bond donors (Lipinski definition) is 0. The number of hydrogen-bond acceptors (Lipinski definition) is 5. The van der Waals surface area contributed by atoms with Gasteiger partial charge in [-0.3, -0.25) is 4.79 Å². The summed E-state index contributed by atoms with van der Waals surface area (Å²) in [5.41, 5.74) is 0.362. The highest BCUT2D eigenvalue weighted by Gasteiger charge is 2.53. The standard InChI is InChI=1S/C12H13F3O5/c1-18-12(19-6-11(13,14)15)9(16)7-4-2-3-5-8(7)10(17)20-12/h2-6H2,1H3. The number of carbonyl (C=O) groups is 2. The molecule has 2 aliphatic rings. The Hall–Kier alpha value is -1.41. The molecule has 0 amide bonds. The normalized spacial score (nSPS) is 27.4. The molecule has 0 saturated heterocycles. The fraction of sp³-hybridized carbons (Fsp3) is 0.667. The highest BCUT2D eigenvalue weighted by Crippen LogP contribution is 2.37. The molecule has 0 radical (unpaired) electrons. The summed E-state index contributed by atoms with van der Waals surface area (Å²) in [6.45, 7) is -1.75. The lowest BCUT2D eigenvalue weighted by Crippen LogP contribution is -2.53. The van der Waals surface area contributed by atoms with Gasteiger partial charge in [-0.1, -0.05) is 0 Å². The van der Waals surface area contributed by atoms with Crippen molar-refractivity contribution < 1.29 is 37.0 Å². The van der Waals surface area contributed by atoms with Crippen molar-refractivity contribution in [2.45, 2.75) is 37.8 Å². The van der Waals surface area contributed by atoms with Gasteiger partial charge in [0.15, 0.2) is 0 Å². The van der Waals surface area contributed by atoms with Gasteiger partial charge >= 0.3 is 18.1 Å². The fourth-order valence-corrected chi connectivity index (χ4v) is 2.26. The maximum Gasteiger partial charge on any atom is 0.412 e. The zero-order chi connectivity index (χ0) is 15.0. The number of cyclic esters (lactones) is 1. The van der Waals surface area contributed by atoms with Gasteiger partial charge < -0.3 is 14.2 Å². The first-order valence-electron chi connectivity index (χ1n) is 6.05. The van der Waals surface area contributed by atoms with Crippen molar-refractivity contribution >= 4 is 11.8 Å². The fourth-order valence-electron chi connectivity index (χ4n) is 2.26. The average molecular weight is 294 g/mol. The second kappa shape index (κ2) is 5.17. The van der Waals surface area contributed by atoms with Crippen LogP contribution in [0.25, 0.3) is 0 Å². The molecular weight excluding hydrogens is 281 g/mol. The van der Waals surface area contributed by atoms with Crippen LogP contribution in [-0.4, -0.2) is 37.6 Å². The molecule has 0 bridgehead atoms. The number of halogens is 3. The summed E-state index contributed by atoms with van der Waals surface area (Å²) in [5.74, 6) is -4.34. The van der Waals surface area contributed by atoms with Crippen LogP contribution in [0.2, 0.25) is 0 Å². The van der Waals surface area contributed by atoms with Crippen molar-refractivity contribution in [1.82, 2.24) is 0 Å². The Labute approximate surface area is 112 Å². The Kier molecular flexibility index (Phi) is 3.88. The Balaban J connectivity index is 2.29. The van der Waals surface area contributed by atoms with Crippen LogP contribution in [0.1, 0.15) is 25.7 Å². The van der Waals surface area contributed by atoms with E-state index in [0.717, 1.165) is 13.5 Å². The Morgan fingerprint density at radius 3 is 2.35 bits per heavy atom. The van der Waals surface area contributed by atoms with Crippen LogP contribution in [0, 0.1) is 0 Å². The van der Waals surface area contributed by atoms with Crippen molar-refractivity contribution in [2.75, 3.05) is 13.7 Å². The molecule has 5 nitrogen and oxygen atoms in total. The molecule has 20 heavy (non-hydrogen) atoms. The SMILES string of the molecule is COC1(OCC(F)(F)F)OC(=O)C2=C(CCCC2)C1=O. The summed E-state index contributed by atoms with van der Waals surface area (Å²) < 4.78 is 50.5. The molecule has 0 aromatic carbocycles. The minimum atomic E-state index is -4.67. The lowest BCUT2D eigenvalue weighted by atomic mass is 9.87. The molecule has 1 unspecified atom stereocenters. The largest absolute Gasteiger partial charge is 0.412 e. The number of methoxy groups -OCH3 is 1. The quantitative estimate of drug-likeness (QED) is 0.587. The molecule has 1 aliphatic heterocycles. The first-order valence-corrected chi connectivity index (χ1v) is 6.05. The Morgan fingerprint density at radius 1 is 1.20 bits per heavy atom. The van der Waals surface area contributed by atoms with Crippen LogP contribution in [0.5, 0.6) is 0 Å². The molecule has 1 atom stereocenters. The Morgan fingerprint density at radius 2 is 1.80 bits per heavy atom. The minimum absolute atomic E-state index is 0.150. The van der Waals surface area contributed by atoms with Crippen molar-refractivity contribution in [3.63, 3.8) is 0 Å². The first kappa shape index (κ1) is 15.0. The first-order chi connectivity index (χ1) is 9.29. The molecule has 1 aliphatic carbocycles. The van der Waals surface area contributed by atoms with E-state index in [0.29, 0.717) is 19.3 Å². The number of ether oxygens (including phenoxy) is 3. The van der Waals surface area contributed by atoms with E-state index in [-0.39, 0.29) is 11.1 Å². The van der Waals surface area contributed by atoms with Gasteiger partial charge in [0.1, 0.15) is 6.61 Å². The molecule has 8 heteroatoms. The van der Waals surface area contributed by atoms with Crippen LogP contribution < -0.4 is 0 Å². The van der Waals surface area contributed by atoms with Gasteiger partial charge in [0.25, 0.3) is 5.78 Å². The monoisotopic (exact) mass is 294 g/mol. The summed E-state index contributed by atoms with van der Waals surface area (Å²) in [7, 11) is 0.954. The predicted octanol–water partition coefficient (Wildman–Crippen LogP) is 1.86. The zero-order valence-corrected chi connectivity index (χ0v) is 10.7. The molecule has 0 fully saturated rings. The zero-order valence-electron chi connectivity index (χ0n) is 10.7. The average Bonchev–Trinajstić information content (AvgIpc) is 2.41. The summed E-state index contributed by atoms with van der Waals surface area (Å²) in [6, 6.07) is 0. The van der Waals surface area contributed by atoms with Gasteiger partial charge in [-0.25, -0.2) is 4.79 Å². The molecule has 112 valence electrons. The third kappa shape index (κ3) is 2.71. The number of rotatable bonds is 3. The molecule has 2 rings (SSSR count). The molecule has 0 aromatic rings. The van der Waals surface area contributed by atoms with Gasteiger partial charge in [0.05, 0.1) is 0 Å². The molecule has 0 N–H and O–H groups in total. The number of Topliss-reactive ketones (excluding diaryl/α,β-unsaturated/α-hetero) is 1. The third-order valence-corrected chi connectivity index (χ3v) is 3.19. The van der Waals surface area contributed by atoms with Crippen LogP contribution >= 0.6 is 0 Å². The number of esters is 1. The molecular formula is C12H13F3O5. The maximum atomic E-state index is 12.2. The molecule has 0 aromatic heterocycles. The minimum Gasteiger partial charge on any atom is -0.398 e. The van der Waals surface area contributed by atoms with Gasteiger partial charge in [-0.15, -0.1) is 0 Å². The van der Waals surface area contributed by atoms with Crippen molar-refractivity contribution in [3.05, 3.63) is 11.1 Å². The van der Waals surface area contributed by atoms with E-state index in [9.17, 15) is 22.8 Å². The lowest BCUT2D eigenvalue weighted by Gasteiger charge is -2.36. The van der Waals surface area contributed by atoms with Gasteiger partial charge in [-0.2, -0.15) is 13.2 Å². The van der Waals surface area contributed by atoms with Gasteiger partial charge in [0.2, 0.25) is 0 Å². The molecule has 0 saturated carbocycles. The van der Waals surface area contributed by atoms with Crippen molar-refractivity contribution in [1.29, 1.82) is 0 Å². The molecule has 1 heterocycles. The van der Waals surface area contributed by atoms with E-state index in [2.05, 4.69) is 9.47 Å². The van der Waals surface area contributed by atoms with Crippen LogP contribution in [-0.2, 0) is 23.8 Å². The van der Waals surface area contributed by atoms with Crippen LogP contribution in [0.4, 0.5) is 13.2 Å². The lowest BCUT2D eigenvalue weighted by molar-refractivity contribution is -0.349. The summed E-state index contributed by atoms with van der Waals surface area (Å²) in [4.78, 5) is 24.0. The Bertz CT molecular complexity index is 468. The van der Waals surface area contributed by atoms with E-state index in [1.165, 1.54) is 0 Å². The summed E-state index contributed by atoms with van der Waals surface area (Å²) in [6.07, 6.45) is -2.58. The van der Waals surface area contributed by atoms with E-state index < -0.39 is 30.5 Å². The van der Waals surface area contributed by atoms with Crippen LogP contribution in [0.15, 0.2) is 11.1 Å².